The number of fused-ring (bicyclic) bond motifs is 1. The second kappa shape index (κ2) is 2.62. The Morgan fingerprint density at radius 2 is 2.25 bits per heavy atom. The number of aromatic nitrogens is 1. The van der Waals surface area contributed by atoms with E-state index in [1.165, 1.54) is 11.3 Å². The molecule has 0 bridgehead atoms. The summed E-state index contributed by atoms with van der Waals surface area (Å²) in [6.07, 6.45) is 0. The summed E-state index contributed by atoms with van der Waals surface area (Å²) in [5.41, 5.74) is 9.77. The normalized spacial score (nSPS) is 10.4. The van der Waals surface area contributed by atoms with Gasteiger partial charge in [0, 0.05) is 0 Å². The largest absolute Gasteiger partial charge is 0.375 e. The minimum Gasteiger partial charge on any atom is -0.375 e. The van der Waals surface area contributed by atoms with E-state index < -0.39 is 0 Å². The van der Waals surface area contributed by atoms with Crippen LogP contribution < -0.4 is 17.0 Å². The van der Waals surface area contributed by atoms with Gasteiger partial charge in [0.15, 0.2) is 5.13 Å². The average molecular weight is 180 g/mol. The Balaban J connectivity index is 2.78. The summed E-state index contributed by atoms with van der Waals surface area (Å²) in [6.45, 7) is 0. The van der Waals surface area contributed by atoms with Crippen molar-refractivity contribution in [3.05, 3.63) is 18.2 Å². The SMILES string of the molecule is NNc1cccc2sc(N)nc12. The summed E-state index contributed by atoms with van der Waals surface area (Å²) >= 11 is 1.45. The lowest BCUT2D eigenvalue weighted by Gasteiger charge is -1.97. The third-order valence-corrected chi connectivity index (χ3v) is 2.44. The minimum absolute atomic E-state index is 0.563. The number of hydrogen-bond donors (Lipinski definition) is 3. The van der Waals surface area contributed by atoms with E-state index in [2.05, 4.69) is 10.4 Å². The first-order valence-electron chi connectivity index (χ1n) is 3.43. The molecular formula is C7H8N4S. The van der Waals surface area contributed by atoms with Crippen LogP contribution in [0.4, 0.5) is 10.8 Å². The third-order valence-electron chi connectivity index (χ3n) is 1.59. The number of para-hydroxylation sites is 1. The van der Waals surface area contributed by atoms with Crippen LogP contribution in [0.5, 0.6) is 0 Å². The van der Waals surface area contributed by atoms with E-state index in [0.29, 0.717) is 5.13 Å². The van der Waals surface area contributed by atoms with Gasteiger partial charge in [0.25, 0.3) is 0 Å². The maximum Gasteiger partial charge on any atom is 0.181 e. The summed E-state index contributed by atoms with van der Waals surface area (Å²) in [5.74, 6) is 5.30. The molecule has 0 aliphatic rings. The molecule has 0 amide bonds. The second-order valence-corrected chi connectivity index (χ2v) is 3.41. The van der Waals surface area contributed by atoms with Gasteiger partial charge in [-0.3, -0.25) is 5.84 Å². The number of thiazole rings is 1. The molecular weight excluding hydrogens is 172 g/mol. The summed E-state index contributed by atoms with van der Waals surface area (Å²) in [5, 5.41) is 0.563. The zero-order chi connectivity index (χ0) is 8.55. The number of hydrazine groups is 1. The summed E-state index contributed by atoms with van der Waals surface area (Å²) in [7, 11) is 0. The van der Waals surface area contributed by atoms with Gasteiger partial charge >= 0.3 is 0 Å². The molecule has 62 valence electrons. The van der Waals surface area contributed by atoms with Gasteiger partial charge in [0.1, 0.15) is 5.52 Å². The molecule has 2 rings (SSSR count). The number of anilines is 2. The van der Waals surface area contributed by atoms with E-state index in [9.17, 15) is 0 Å². The van der Waals surface area contributed by atoms with Gasteiger partial charge in [-0.2, -0.15) is 0 Å². The number of hydrogen-bond acceptors (Lipinski definition) is 5. The maximum atomic E-state index is 5.55. The molecule has 5 heteroatoms. The van der Waals surface area contributed by atoms with E-state index >= 15 is 0 Å². The first kappa shape index (κ1) is 7.33. The molecule has 1 heterocycles. The lowest BCUT2D eigenvalue weighted by molar-refractivity contribution is 1.35. The highest BCUT2D eigenvalue weighted by Crippen LogP contribution is 2.28. The molecule has 1 aromatic carbocycles. The van der Waals surface area contributed by atoms with Crippen LogP contribution >= 0.6 is 11.3 Å². The standard InChI is InChI=1S/C7H8N4S/c8-7-10-6-4(11-9)2-1-3-5(6)12-7/h1-3,11H,9H2,(H2,8,10). The molecule has 0 unspecified atom stereocenters. The summed E-state index contributed by atoms with van der Waals surface area (Å²) < 4.78 is 1.04. The minimum atomic E-state index is 0.563. The lowest BCUT2D eigenvalue weighted by Crippen LogP contribution is -2.06. The molecule has 0 aliphatic carbocycles. The fraction of sp³-hybridized carbons (Fsp3) is 0. The molecule has 5 N–H and O–H groups in total. The molecule has 4 nitrogen and oxygen atoms in total. The van der Waals surface area contributed by atoms with Crippen LogP contribution in [0.3, 0.4) is 0 Å². The monoisotopic (exact) mass is 180 g/mol. The highest BCUT2D eigenvalue weighted by Gasteiger charge is 2.03. The lowest BCUT2D eigenvalue weighted by atomic mass is 10.3. The van der Waals surface area contributed by atoms with E-state index in [4.69, 9.17) is 11.6 Å². The number of benzene rings is 1. The van der Waals surface area contributed by atoms with Crippen molar-refractivity contribution < 1.29 is 0 Å². The van der Waals surface area contributed by atoms with Gasteiger partial charge in [0.2, 0.25) is 0 Å². The maximum absolute atomic E-state index is 5.55. The van der Waals surface area contributed by atoms with Crippen molar-refractivity contribution in [2.75, 3.05) is 11.2 Å². The molecule has 0 atom stereocenters. The van der Waals surface area contributed by atoms with Crippen molar-refractivity contribution in [2.24, 2.45) is 5.84 Å². The zero-order valence-electron chi connectivity index (χ0n) is 6.24. The molecule has 0 radical (unpaired) electrons. The van der Waals surface area contributed by atoms with Crippen molar-refractivity contribution in [2.45, 2.75) is 0 Å². The fourth-order valence-electron chi connectivity index (χ4n) is 1.08. The predicted molar refractivity (Wildman–Crippen MR) is 51.8 cm³/mol. The van der Waals surface area contributed by atoms with Crippen LogP contribution in [-0.4, -0.2) is 4.98 Å². The van der Waals surface area contributed by atoms with Crippen molar-refractivity contribution in [3.8, 4) is 0 Å². The first-order valence-corrected chi connectivity index (χ1v) is 4.24. The van der Waals surface area contributed by atoms with Gasteiger partial charge in [0.05, 0.1) is 10.4 Å². The van der Waals surface area contributed by atoms with E-state index in [1.54, 1.807) is 0 Å². The Morgan fingerprint density at radius 3 is 3.00 bits per heavy atom. The van der Waals surface area contributed by atoms with Crippen LogP contribution in [0.1, 0.15) is 0 Å². The predicted octanol–water partition coefficient (Wildman–Crippen LogP) is 1.16. The average Bonchev–Trinajstić information content (AvgIpc) is 2.44. The third kappa shape index (κ3) is 0.992. The van der Waals surface area contributed by atoms with Gasteiger partial charge in [-0.1, -0.05) is 17.4 Å². The number of nitrogen functional groups attached to an aromatic ring is 2. The number of nitrogens with two attached hydrogens (primary N) is 2. The smallest absolute Gasteiger partial charge is 0.181 e. The highest BCUT2D eigenvalue weighted by atomic mass is 32.1. The van der Waals surface area contributed by atoms with Crippen molar-refractivity contribution in [3.63, 3.8) is 0 Å². The Bertz CT molecular complexity index is 409. The number of nitrogens with zero attached hydrogens (tertiary/aromatic N) is 1. The molecule has 0 saturated heterocycles. The number of nitrogens with one attached hydrogen (secondary N) is 1. The van der Waals surface area contributed by atoms with Gasteiger partial charge in [-0.15, -0.1) is 0 Å². The van der Waals surface area contributed by atoms with Crippen LogP contribution in [0.15, 0.2) is 18.2 Å². The first-order chi connectivity index (χ1) is 5.81. The topological polar surface area (TPSA) is 77.0 Å². The second-order valence-electron chi connectivity index (χ2n) is 2.35. The Labute approximate surface area is 73.2 Å². The molecule has 2 aromatic rings. The summed E-state index contributed by atoms with van der Waals surface area (Å²) in [4.78, 5) is 4.14. The van der Waals surface area contributed by atoms with E-state index in [1.807, 2.05) is 18.2 Å². The molecule has 0 fully saturated rings. The Kier molecular flexibility index (Phi) is 1.60. The van der Waals surface area contributed by atoms with Crippen LogP contribution in [0.2, 0.25) is 0 Å². The van der Waals surface area contributed by atoms with E-state index in [-0.39, 0.29) is 0 Å². The van der Waals surface area contributed by atoms with Crippen LogP contribution in [0, 0.1) is 0 Å². The highest BCUT2D eigenvalue weighted by molar-refractivity contribution is 7.22. The Hall–Kier alpha value is -1.33. The van der Waals surface area contributed by atoms with Gasteiger partial charge < -0.3 is 11.2 Å². The number of rotatable bonds is 1. The van der Waals surface area contributed by atoms with Gasteiger partial charge in [-0.25, -0.2) is 4.98 Å². The Morgan fingerprint density at radius 1 is 1.42 bits per heavy atom. The molecule has 12 heavy (non-hydrogen) atoms. The van der Waals surface area contributed by atoms with Crippen LogP contribution in [-0.2, 0) is 0 Å². The molecule has 0 saturated carbocycles. The zero-order valence-corrected chi connectivity index (χ0v) is 7.06. The molecule has 0 aliphatic heterocycles. The molecule has 0 spiro atoms. The van der Waals surface area contributed by atoms with Crippen molar-refractivity contribution >= 4 is 32.4 Å². The summed E-state index contributed by atoms with van der Waals surface area (Å²) in [6, 6.07) is 5.74. The van der Waals surface area contributed by atoms with Crippen molar-refractivity contribution in [1.82, 2.24) is 4.98 Å². The van der Waals surface area contributed by atoms with Gasteiger partial charge in [-0.05, 0) is 12.1 Å². The fourth-order valence-corrected chi connectivity index (χ4v) is 1.84. The van der Waals surface area contributed by atoms with Crippen LogP contribution in [0.25, 0.3) is 10.2 Å². The quantitative estimate of drug-likeness (QED) is 0.454. The van der Waals surface area contributed by atoms with Crippen molar-refractivity contribution in [1.29, 1.82) is 0 Å². The molecule has 1 aromatic heterocycles. The van der Waals surface area contributed by atoms with E-state index in [0.717, 1.165) is 15.9 Å².